The minimum atomic E-state index is -4.64. The maximum absolute atomic E-state index is 13.5. The van der Waals surface area contributed by atoms with E-state index in [0.29, 0.717) is 31.7 Å². The Labute approximate surface area is 213 Å². The van der Waals surface area contributed by atoms with Crippen molar-refractivity contribution in [2.45, 2.75) is 25.4 Å². The number of likely N-dealkylation sites (N-methyl/N-ethyl adjacent to an activating group) is 1. The Hall–Kier alpha value is -3.14. The quantitative estimate of drug-likeness (QED) is 0.532. The molecule has 2 amide bonds. The molecule has 2 aromatic rings. The molecule has 0 aromatic heterocycles. The third kappa shape index (κ3) is 6.60. The molecule has 2 saturated heterocycles. The van der Waals surface area contributed by atoms with Crippen LogP contribution in [0.3, 0.4) is 0 Å². The number of nitrogens with zero attached hydrogens (tertiary/aromatic N) is 3. The predicted octanol–water partition coefficient (Wildman–Crippen LogP) is 4.31. The number of amides is 2. The molecule has 200 valence electrons. The van der Waals surface area contributed by atoms with Gasteiger partial charge >= 0.3 is 6.18 Å². The second kappa shape index (κ2) is 11.1. The second-order valence-electron chi connectivity index (χ2n) is 9.94. The lowest BCUT2D eigenvalue weighted by Crippen LogP contribution is -2.51. The fourth-order valence-electron chi connectivity index (χ4n) is 4.90. The van der Waals surface area contributed by atoms with Gasteiger partial charge in [-0.3, -0.25) is 9.59 Å². The summed E-state index contributed by atoms with van der Waals surface area (Å²) < 4.78 is 59.7. The number of hydrogen-bond acceptors (Lipinski definition) is 4. The van der Waals surface area contributed by atoms with Crippen molar-refractivity contribution in [3.63, 3.8) is 0 Å². The van der Waals surface area contributed by atoms with E-state index in [1.807, 2.05) is 11.9 Å². The molecule has 2 heterocycles. The molecule has 10 heteroatoms. The minimum absolute atomic E-state index is 0.00185. The SMILES string of the molecule is CN1CCN(C(=O)CC2(COc3ccc(F)cc3)CCN(C(=O)c3ccccc3C(F)(F)F)CC2)CC1. The Balaban J connectivity index is 1.48. The molecule has 2 aliphatic heterocycles. The summed E-state index contributed by atoms with van der Waals surface area (Å²) in [5, 5.41) is 0. The molecule has 0 N–H and O–H groups in total. The molecular formula is C27H31F4N3O3. The van der Waals surface area contributed by atoms with Crippen LogP contribution in [0, 0.1) is 11.2 Å². The zero-order chi connectivity index (χ0) is 26.6. The molecule has 6 nitrogen and oxygen atoms in total. The fraction of sp³-hybridized carbons (Fsp3) is 0.481. The lowest BCUT2D eigenvalue weighted by Gasteiger charge is -2.43. The average Bonchev–Trinajstić information content (AvgIpc) is 2.88. The maximum Gasteiger partial charge on any atom is 0.417 e. The van der Waals surface area contributed by atoms with Gasteiger partial charge in [-0.05, 0) is 56.3 Å². The highest BCUT2D eigenvalue weighted by Crippen LogP contribution is 2.38. The first-order valence-electron chi connectivity index (χ1n) is 12.4. The van der Waals surface area contributed by atoms with Gasteiger partial charge in [0.2, 0.25) is 5.91 Å². The van der Waals surface area contributed by atoms with E-state index < -0.39 is 28.9 Å². The van der Waals surface area contributed by atoms with E-state index in [0.717, 1.165) is 19.2 Å². The lowest BCUT2D eigenvalue weighted by atomic mass is 9.75. The van der Waals surface area contributed by atoms with Crippen LogP contribution in [0.1, 0.15) is 35.2 Å². The number of hydrogen-bond donors (Lipinski definition) is 0. The molecule has 0 unspecified atom stereocenters. The van der Waals surface area contributed by atoms with Crippen LogP contribution in [0.5, 0.6) is 5.75 Å². The normalized spacial score (nSPS) is 18.5. The van der Waals surface area contributed by atoms with E-state index in [4.69, 9.17) is 4.74 Å². The number of ether oxygens (including phenoxy) is 1. The maximum atomic E-state index is 13.5. The number of likely N-dealkylation sites (tertiary alicyclic amines) is 1. The van der Waals surface area contributed by atoms with Gasteiger partial charge in [0.15, 0.2) is 0 Å². The van der Waals surface area contributed by atoms with Crippen LogP contribution in [0.25, 0.3) is 0 Å². The molecule has 0 saturated carbocycles. The summed E-state index contributed by atoms with van der Waals surface area (Å²) in [5.74, 6) is -0.604. The molecule has 0 spiro atoms. The molecule has 0 radical (unpaired) electrons. The molecule has 2 aliphatic rings. The van der Waals surface area contributed by atoms with E-state index in [9.17, 15) is 27.2 Å². The summed E-state index contributed by atoms with van der Waals surface area (Å²) in [6.45, 7) is 3.41. The minimum Gasteiger partial charge on any atom is -0.493 e. The molecule has 0 bridgehead atoms. The number of piperazine rings is 1. The van der Waals surface area contributed by atoms with Gasteiger partial charge in [0, 0.05) is 51.1 Å². The third-order valence-corrected chi connectivity index (χ3v) is 7.32. The topological polar surface area (TPSA) is 53.1 Å². The molecule has 0 atom stereocenters. The number of carbonyl (C=O) groups is 2. The van der Waals surface area contributed by atoms with Crippen molar-refractivity contribution < 1.29 is 31.9 Å². The van der Waals surface area contributed by atoms with Gasteiger partial charge < -0.3 is 19.4 Å². The molecule has 2 aromatic carbocycles. The zero-order valence-corrected chi connectivity index (χ0v) is 20.8. The van der Waals surface area contributed by atoms with Crippen molar-refractivity contribution in [1.82, 2.24) is 14.7 Å². The van der Waals surface area contributed by atoms with Gasteiger partial charge in [-0.1, -0.05) is 12.1 Å². The summed E-state index contributed by atoms with van der Waals surface area (Å²) in [4.78, 5) is 31.7. The number of carbonyl (C=O) groups excluding carboxylic acids is 2. The first-order chi connectivity index (χ1) is 17.6. The van der Waals surface area contributed by atoms with Gasteiger partial charge in [0.1, 0.15) is 11.6 Å². The van der Waals surface area contributed by atoms with E-state index in [1.54, 1.807) is 0 Å². The van der Waals surface area contributed by atoms with Crippen LogP contribution in [-0.4, -0.2) is 79.4 Å². The van der Waals surface area contributed by atoms with Crippen LogP contribution in [0.4, 0.5) is 17.6 Å². The molecule has 4 rings (SSSR count). The van der Waals surface area contributed by atoms with Gasteiger partial charge in [-0.2, -0.15) is 13.2 Å². The van der Waals surface area contributed by atoms with Crippen LogP contribution >= 0.6 is 0 Å². The summed E-state index contributed by atoms with van der Waals surface area (Å²) in [7, 11) is 2.00. The second-order valence-corrected chi connectivity index (χ2v) is 9.94. The van der Waals surface area contributed by atoms with Gasteiger partial charge in [-0.15, -0.1) is 0 Å². The summed E-state index contributed by atoms with van der Waals surface area (Å²) in [5.41, 5.74) is -1.94. The highest BCUT2D eigenvalue weighted by atomic mass is 19.4. The Bertz CT molecular complexity index is 1090. The lowest BCUT2D eigenvalue weighted by molar-refractivity contribution is -0.138. The van der Waals surface area contributed by atoms with Crippen molar-refractivity contribution in [2.75, 3.05) is 52.9 Å². The zero-order valence-electron chi connectivity index (χ0n) is 20.8. The Morgan fingerprint density at radius 2 is 1.51 bits per heavy atom. The average molecular weight is 522 g/mol. The predicted molar refractivity (Wildman–Crippen MR) is 130 cm³/mol. The Morgan fingerprint density at radius 1 is 0.892 bits per heavy atom. The summed E-state index contributed by atoms with van der Waals surface area (Å²) in [6.07, 6.45) is -3.63. The van der Waals surface area contributed by atoms with Gasteiger partial charge in [0.25, 0.3) is 5.91 Å². The third-order valence-electron chi connectivity index (χ3n) is 7.32. The van der Waals surface area contributed by atoms with Crippen molar-refractivity contribution in [2.24, 2.45) is 5.41 Å². The van der Waals surface area contributed by atoms with E-state index in [2.05, 4.69) is 4.90 Å². The van der Waals surface area contributed by atoms with Crippen molar-refractivity contribution >= 4 is 11.8 Å². The molecule has 0 aliphatic carbocycles. The summed E-state index contributed by atoms with van der Waals surface area (Å²) in [6, 6.07) is 10.4. The smallest absolute Gasteiger partial charge is 0.417 e. The van der Waals surface area contributed by atoms with Crippen LogP contribution in [0.15, 0.2) is 48.5 Å². The first kappa shape index (κ1) is 26.9. The van der Waals surface area contributed by atoms with E-state index in [-0.39, 0.29) is 37.6 Å². The number of benzene rings is 2. The van der Waals surface area contributed by atoms with Crippen LogP contribution in [0.2, 0.25) is 0 Å². The van der Waals surface area contributed by atoms with Crippen molar-refractivity contribution in [1.29, 1.82) is 0 Å². The number of alkyl halides is 3. The van der Waals surface area contributed by atoms with Gasteiger partial charge in [0.05, 0.1) is 17.7 Å². The highest BCUT2D eigenvalue weighted by Gasteiger charge is 2.42. The fourth-order valence-corrected chi connectivity index (χ4v) is 4.90. The Kier molecular flexibility index (Phi) is 8.06. The molecular weight excluding hydrogens is 490 g/mol. The number of halogens is 4. The largest absolute Gasteiger partial charge is 0.493 e. The standard InChI is InChI=1S/C27H31F4N3O3/c1-32-14-16-33(17-15-32)24(35)18-26(19-37-21-8-6-20(28)7-9-21)10-12-34(13-11-26)25(36)22-4-2-3-5-23(22)27(29,30)31/h2-9H,10-19H2,1H3. The molecule has 2 fully saturated rings. The van der Waals surface area contributed by atoms with Gasteiger partial charge in [-0.25, -0.2) is 4.39 Å². The molecule has 37 heavy (non-hydrogen) atoms. The number of rotatable bonds is 6. The van der Waals surface area contributed by atoms with E-state index >= 15 is 0 Å². The van der Waals surface area contributed by atoms with E-state index in [1.165, 1.54) is 47.4 Å². The highest BCUT2D eigenvalue weighted by molar-refractivity contribution is 5.96. The van der Waals surface area contributed by atoms with Crippen molar-refractivity contribution in [3.05, 3.63) is 65.5 Å². The van der Waals surface area contributed by atoms with Crippen LogP contribution in [-0.2, 0) is 11.0 Å². The monoisotopic (exact) mass is 521 g/mol. The number of piperidine rings is 1. The van der Waals surface area contributed by atoms with Crippen LogP contribution < -0.4 is 4.74 Å². The first-order valence-corrected chi connectivity index (χ1v) is 12.4. The van der Waals surface area contributed by atoms with Crippen molar-refractivity contribution in [3.8, 4) is 5.75 Å². The Morgan fingerprint density at radius 3 is 2.14 bits per heavy atom. The summed E-state index contributed by atoms with van der Waals surface area (Å²) >= 11 is 0.